The number of benzene rings is 2. The Balaban J connectivity index is 2.07. The Morgan fingerprint density at radius 1 is 0.667 bits per heavy atom. The van der Waals surface area contributed by atoms with Gasteiger partial charge in [0.2, 0.25) is 0 Å². The molecule has 0 heterocycles. The van der Waals surface area contributed by atoms with Gasteiger partial charge in [0.1, 0.15) is 0 Å². The quantitative estimate of drug-likeness (QED) is 0.789. The van der Waals surface area contributed by atoms with Gasteiger partial charge in [-0.05, 0) is 24.0 Å². The fourth-order valence-electron chi connectivity index (χ4n) is 3.16. The Hall–Kier alpha value is -1.64. The average Bonchev–Trinajstić information content (AvgIpc) is 2.37. The topological polar surface area (TPSA) is 52.0 Å². The van der Waals surface area contributed by atoms with E-state index in [0.717, 1.165) is 12.8 Å². The lowest BCUT2D eigenvalue weighted by Gasteiger charge is -2.53. The summed E-state index contributed by atoms with van der Waals surface area (Å²) in [5.74, 6) is 0. The highest BCUT2D eigenvalue weighted by molar-refractivity contribution is 5.44. The molecule has 1 saturated carbocycles. The van der Waals surface area contributed by atoms with Crippen LogP contribution >= 0.6 is 0 Å². The third-order valence-electron chi connectivity index (χ3n) is 3.91. The van der Waals surface area contributed by atoms with Gasteiger partial charge < -0.3 is 11.5 Å². The Bertz CT molecular complexity index is 482. The van der Waals surface area contributed by atoms with Gasteiger partial charge >= 0.3 is 0 Å². The van der Waals surface area contributed by atoms with Gasteiger partial charge in [-0.3, -0.25) is 0 Å². The minimum absolute atomic E-state index is 0.00792. The Labute approximate surface area is 108 Å². The molecule has 92 valence electrons. The Morgan fingerprint density at radius 3 is 1.39 bits per heavy atom. The standard InChI is InChI=1S/C16H18N2/c17-16(18)11-15(12-16,13-7-3-1-4-8-13)14-9-5-2-6-10-14/h1-10H,11-12,17-18H2. The molecule has 4 N–H and O–H groups in total. The SMILES string of the molecule is NC1(N)CC(c2ccccc2)(c2ccccc2)C1. The van der Waals surface area contributed by atoms with Crippen molar-refractivity contribution in [3.8, 4) is 0 Å². The Kier molecular flexibility index (Phi) is 2.51. The van der Waals surface area contributed by atoms with Crippen LogP contribution in [0.2, 0.25) is 0 Å². The second-order valence-electron chi connectivity index (χ2n) is 5.40. The molecule has 0 aromatic heterocycles. The van der Waals surface area contributed by atoms with E-state index in [9.17, 15) is 0 Å². The molecule has 2 aromatic rings. The van der Waals surface area contributed by atoms with Crippen LogP contribution in [0.1, 0.15) is 24.0 Å². The molecule has 2 heteroatoms. The van der Waals surface area contributed by atoms with Gasteiger partial charge in [0.05, 0.1) is 5.66 Å². The molecule has 0 radical (unpaired) electrons. The lowest BCUT2D eigenvalue weighted by molar-refractivity contribution is 0.144. The number of nitrogens with two attached hydrogens (primary N) is 2. The van der Waals surface area contributed by atoms with Crippen LogP contribution in [0.3, 0.4) is 0 Å². The second-order valence-corrected chi connectivity index (χ2v) is 5.40. The van der Waals surface area contributed by atoms with Gasteiger partial charge in [-0.1, -0.05) is 60.7 Å². The van der Waals surface area contributed by atoms with Crippen LogP contribution in [-0.2, 0) is 5.41 Å². The van der Waals surface area contributed by atoms with E-state index in [4.69, 9.17) is 11.5 Å². The molecule has 2 nitrogen and oxygen atoms in total. The zero-order valence-electron chi connectivity index (χ0n) is 10.3. The highest BCUT2D eigenvalue weighted by Gasteiger charge is 2.52. The maximum Gasteiger partial charge on any atom is 0.0660 e. The van der Waals surface area contributed by atoms with Crippen molar-refractivity contribution in [1.82, 2.24) is 0 Å². The molecule has 0 aliphatic heterocycles. The van der Waals surface area contributed by atoms with E-state index in [1.807, 2.05) is 12.1 Å². The van der Waals surface area contributed by atoms with E-state index in [1.165, 1.54) is 11.1 Å². The van der Waals surface area contributed by atoms with Crippen LogP contribution in [0.15, 0.2) is 60.7 Å². The zero-order valence-corrected chi connectivity index (χ0v) is 10.3. The monoisotopic (exact) mass is 238 g/mol. The fraction of sp³-hybridized carbons (Fsp3) is 0.250. The van der Waals surface area contributed by atoms with Crippen LogP contribution in [0.4, 0.5) is 0 Å². The van der Waals surface area contributed by atoms with E-state index in [-0.39, 0.29) is 5.41 Å². The van der Waals surface area contributed by atoms with Crippen LogP contribution in [0.5, 0.6) is 0 Å². The molecule has 0 atom stereocenters. The van der Waals surface area contributed by atoms with Crippen molar-refractivity contribution in [3.63, 3.8) is 0 Å². The summed E-state index contributed by atoms with van der Waals surface area (Å²) in [5.41, 5.74) is 14.2. The van der Waals surface area contributed by atoms with Crippen molar-refractivity contribution in [2.24, 2.45) is 11.5 Å². The zero-order chi connectivity index (χ0) is 12.6. The van der Waals surface area contributed by atoms with E-state index in [1.54, 1.807) is 0 Å². The third kappa shape index (κ3) is 1.74. The van der Waals surface area contributed by atoms with Crippen molar-refractivity contribution in [3.05, 3.63) is 71.8 Å². The molecule has 1 aliphatic rings. The molecular weight excluding hydrogens is 220 g/mol. The van der Waals surface area contributed by atoms with Gasteiger partial charge in [0, 0.05) is 5.41 Å². The van der Waals surface area contributed by atoms with E-state index >= 15 is 0 Å². The number of hydrogen-bond acceptors (Lipinski definition) is 2. The van der Waals surface area contributed by atoms with Crippen molar-refractivity contribution in [2.45, 2.75) is 23.9 Å². The smallest absolute Gasteiger partial charge is 0.0660 e. The molecule has 18 heavy (non-hydrogen) atoms. The van der Waals surface area contributed by atoms with Gasteiger partial charge in [-0.2, -0.15) is 0 Å². The second kappa shape index (κ2) is 3.94. The maximum atomic E-state index is 6.05. The molecule has 1 aliphatic carbocycles. The minimum atomic E-state index is -0.536. The summed E-state index contributed by atoms with van der Waals surface area (Å²) in [6.07, 6.45) is 1.60. The first-order valence-electron chi connectivity index (χ1n) is 6.31. The minimum Gasteiger partial charge on any atom is -0.313 e. The van der Waals surface area contributed by atoms with Crippen LogP contribution in [-0.4, -0.2) is 5.66 Å². The summed E-state index contributed by atoms with van der Waals surface area (Å²) in [4.78, 5) is 0. The first-order valence-corrected chi connectivity index (χ1v) is 6.31. The molecule has 1 fully saturated rings. The molecule has 3 rings (SSSR count). The molecule has 2 aromatic carbocycles. The highest BCUT2D eigenvalue weighted by atomic mass is 15.0. The largest absolute Gasteiger partial charge is 0.313 e. The van der Waals surface area contributed by atoms with Crippen LogP contribution < -0.4 is 11.5 Å². The molecular formula is C16H18N2. The number of rotatable bonds is 2. The summed E-state index contributed by atoms with van der Waals surface area (Å²) in [7, 11) is 0. The first-order chi connectivity index (χ1) is 8.62. The molecule has 0 amide bonds. The predicted molar refractivity (Wildman–Crippen MR) is 74.0 cm³/mol. The average molecular weight is 238 g/mol. The third-order valence-corrected chi connectivity index (χ3v) is 3.91. The molecule has 0 unspecified atom stereocenters. The van der Waals surface area contributed by atoms with Crippen molar-refractivity contribution < 1.29 is 0 Å². The molecule has 0 bridgehead atoms. The summed E-state index contributed by atoms with van der Waals surface area (Å²) in [5, 5.41) is 0. The van der Waals surface area contributed by atoms with E-state index < -0.39 is 5.66 Å². The predicted octanol–water partition coefficient (Wildman–Crippen LogP) is 2.38. The summed E-state index contributed by atoms with van der Waals surface area (Å²) < 4.78 is 0. The Morgan fingerprint density at radius 2 is 1.06 bits per heavy atom. The van der Waals surface area contributed by atoms with Crippen molar-refractivity contribution in [2.75, 3.05) is 0 Å². The number of hydrogen-bond donors (Lipinski definition) is 2. The van der Waals surface area contributed by atoms with Gasteiger partial charge in [-0.15, -0.1) is 0 Å². The maximum absolute atomic E-state index is 6.05. The van der Waals surface area contributed by atoms with E-state index in [2.05, 4.69) is 48.5 Å². The van der Waals surface area contributed by atoms with Crippen LogP contribution in [0.25, 0.3) is 0 Å². The lowest BCUT2D eigenvalue weighted by Crippen LogP contribution is -2.66. The summed E-state index contributed by atoms with van der Waals surface area (Å²) in [6.45, 7) is 0. The fourth-order valence-corrected chi connectivity index (χ4v) is 3.16. The van der Waals surface area contributed by atoms with E-state index in [0.29, 0.717) is 0 Å². The van der Waals surface area contributed by atoms with Gasteiger partial charge in [0.25, 0.3) is 0 Å². The summed E-state index contributed by atoms with van der Waals surface area (Å²) >= 11 is 0. The van der Waals surface area contributed by atoms with Gasteiger partial charge in [-0.25, -0.2) is 0 Å². The normalized spacial score (nSPS) is 20.1. The van der Waals surface area contributed by atoms with Gasteiger partial charge in [0.15, 0.2) is 0 Å². The van der Waals surface area contributed by atoms with Crippen molar-refractivity contribution in [1.29, 1.82) is 0 Å². The molecule has 0 saturated heterocycles. The van der Waals surface area contributed by atoms with Crippen LogP contribution in [0, 0.1) is 0 Å². The molecule has 0 spiro atoms. The van der Waals surface area contributed by atoms with Crippen molar-refractivity contribution >= 4 is 0 Å². The first kappa shape index (κ1) is 11.5. The lowest BCUT2D eigenvalue weighted by atomic mass is 9.55. The highest BCUT2D eigenvalue weighted by Crippen LogP contribution is 2.51. The summed E-state index contributed by atoms with van der Waals surface area (Å²) in [6, 6.07) is 21.1.